The molecule has 8 heteroatoms. The van der Waals surface area contributed by atoms with Crippen molar-refractivity contribution in [2.45, 2.75) is 51.6 Å². The van der Waals surface area contributed by atoms with Crippen LogP contribution in [-0.2, 0) is 0 Å². The van der Waals surface area contributed by atoms with Crippen LogP contribution in [0.1, 0.15) is 48.7 Å². The van der Waals surface area contributed by atoms with Crippen molar-refractivity contribution >= 4 is 22.6 Å². The minimum Gasteiger partial charge on any atom is -0.357 e. The zero-order valence-corrected chi connectivity index (χ0v) is 18.1. The summed E-state index contributed by atoms with van der Waals surface area (Å²) in [4.78, 5) is 24.4. The lowest BCUT2D eigenvalue weighted by molar-refractivity contribution is 0.0823. The summed E-state index contributed by atoms with van der Waals surface area (Å²) in [5.41, 5.74) is 2.01. The maximum Gasteiger partial charge on any atom is 0.267 e. The smallest absolute Gasteiger partial charge is 0.267 e. The van der Waals surface area contributed by atoms with Gasteiger partial charge in [0.15, 0.2) is 0 Å². The lowest BCUT2D eigenvalue weighted by atomic mass is 9.89. The number of benzene rings is 1. The van der Waals surface area contributed by atoms with Gasteiger partial charge in [0.25, 0.3) is 5.91 Å². The number of hydrogen-bond donors (Lipinski definition) is 2. The van der Waals surface area contributed by atoms with Crippen LogP contribution in [0.2, 0.25) is 0 Å². The van der Waals surface area contributed by atoms with E-state index >= 15 is 0 Å². The van der Waals surface area contributed by atoms with Gasteiger partial charge in [0.2, 0.25) is 6.19 Å². The van der Waals surface area contributed by atoms with E-state index in [1.54, 1.807) is 12.1 Å². The Kier molecular flexibility index (Phi) is 6.23. The van der Waals surface area contributed by atoms with Gasteiger partial charge in [0.1, 0.15) is 17.3 Å². The summed E-state index contributed by atoms with van der Waals surface area (Å²) in [7, 11) is 0. The van der Waals surface area contributed by atoms with Gasteiger partial charge in [0.05, 0.1) is 5.52 Å². The number of aromatic nitrogens is 1. The Labute approximate surface area is 181 Å². The molecule has 0 bridgehead atoms. The highest BCUT2D eigenvalue weighted by molar-refractivity contribution is 5.99. The number of nitrogens with one attached hydrogen (secondary N) is 2. The fourth-order valence-corrected chi connectivity index (χ4v) is 4.89. The number of nitrogens with zero attached hydrogens (tertiary/aromatic N) is 4. The Morgan fingerprint density at radius 2 is 2.06 bits per heavy atom. The molecule has 2 atom stereocenters. The molecule has 1 amide bonds. The molecule has 1 aliphatic heterocycles. The minimum atomic E-state index is -0.317. The molecule has 0 unspecified atom stereocenters. The molecule has 0 spiro atoms. The van der Waals surface area contributed by atoms with Gasteiger partial charge in [-0.3, -0.25) is 9.69 Å². The zero-order valence-electron chi connectivity index (χ0n) is 18.1. The molecular weight excluding hydrogens is 395 g/mol. The summed E-state index contributed by atoms with van der Waals surface area (Å²) in [6, 6.07) is 5.32. The van der Waals surface area contributed by atoms with Crippen LogP contribution < -0.4 is 5.32 Å². The summed E-state index contributed by atoms with van der Waals surface area (Å²) in [6.07, 6.45) is 5.95. The largest absolute Gasteiger partial charge is 0.357 e. The Balaban J connectivity index is 1.36. The van der Waals surface area contributed by atoms with Gasteiger partial charge in [-0.15, -0.1) is 0 Å². The molecule has 164 valence electrons. The van der Waals surface area contributed by atoms with E-state index in [0.717, 1.165) is 63.3 Å². The van der Waals surface area contributed by atoms with Crippen molar-refractivity contribution in [3.8, 4) is 6.19 Å². The van der Waals surface area contributed by atoms with Crippen LogP contribution in [0.25, 0.3) is 10.9 Å². The van der Waals surface area contributed by atoms with Gasteiger partial charge in [-0.05, 0) is 57.2 Å². The monoisotopic (exact) mass is 424 g/mol. The summed E-state index contributed by atoms with van der Waals surface area (Å²) in [6.45, 7) is 7.38. The summed E-state index contributed by atoms with van der Waals surface area (Å²) in [5.74, 6) is 0.289. The molecule has 1 saturated carbocycles. The van der Waals surface area contributed by atoms with Gasteiger partial charge >= 0.3 is 0 Å². The minimum absolute atomic E-state index is 0.114. The molecule has 2 fully saturated rings. The molecule has 1 aromatic carbocycles. The first-order valence-corrected chi connectivity index (χ1v) is 11.0. The second-order valence-corrected chi connectivity index (χ2v) is 8.61. The highest BCUT2D eigenvalue weighted by Gasteiger charge is 2.30. The third kappa shape index (κ3) is 4.57. The molecule has 7 nitrogen and oxygen atoms in total. The number of halogens is 1. The summed E-state index contributed by atoms with van der Waals surface area (Å²) >= 11 is 0. The average Bonchev–Trinajstić information content (AvgIpc) is 3.24. The van der Waals surface area contributed by atoms with Crippen molar-refractivity contribution in [3.05, 3.63) is 35.3 Å². The van der Waals surface area contributed by atoms with Crippen molar-refractivity contribution < 1.29 is 9.18 Å². The first kappa shape index (κ1) is 21.3. The number of amidine groups is 1. The number of H-pyrrole nitrogens is 1. The lowest BCUT2D eigenvalue weighted by Crippen LogP contribution is -2.54. The standard InChI is InChI=1S/C23H29FN6O/c1-15-6-7-20(24)19-13-21(28-22(15)19)23(31)27-17-4-3-5-18(12-17)30-10-8-29(9-11-30)16(2)26-14-25/h6-7,13,17-18,28H,3-5,8-12H2,1-2H3,(H,27,31)/b26-16+/t17-,18+/m1/s1. The topological polar surface area (TPSA) is 87.5 Å². The van der Waals surface area contributed by atoms with E-state index in [0.29, 0.717) is 22.6 Å². The van der Waals surface area contributed by atoms with Gasteiger partial charge in [-0.2, -0.15) is 10.3 Å². The SMILES string of the molecule is C/C(=N\C#N)N1CCN([C@H]2CCC[C@@H](NC(=O)c3cc4c(F)ccc(C)c4[nH]3)C2)CC1. The van der Waals surface area contributed by atoms with E-state index in [2.05, 4.69) is 25.1 Å². The first-order valence-electron chi connectivity index (χ1n) is 11.0. The van der Waals surface area contributed by atoms with Crippen LogP contribution >= 0.6 is 0 Å². The van der Waals surface area contributed by atoms with Crippen LogP contribution in [0.3, 0.4) is 0 Å². The highest BCUT2D eigenvalue weighted by atomic mass is 19.1. The van der Waals surface area contributed by atoms with Gasteiger partial charge in [0, 0.05) is 43.6 Å². The number of aliphatic imine (C=N–C) groups is 1. The number of hydrogen-bond acceptors (Lipinski definition) is 4. The number of amides is 1. The first-order chi connectivity index (χ1) is 15.0. The van der Waals surface area contributed by atoms with Gasteiger partial charge in [-0.1, -0.05) is 6.07 Å². The molecule has 0 radical (unpaired) electrons. The second-order valence-electron chi connectivity index (χ2n) is 8.61. The predicted octanol–water partition coefficient (Wildman–Crippen LogP) is 3.17. The maximum absolute atomic E-state index is 14.1. The van der Waals surface area contributed by atoms with Crippen LogP contribution in [-0.4, -0.2) is 64.8 Å². The maximum atomic E-state index is 14.1. The number of nitriles is 1. The third-order valence-corrected chi connectivity index (χ3v) is 6.68. The molecular formula is C23H29FN6O. The highest BCUT2D eigenvalue weighted by Crippen LogP contribution is 2.26. The molecule has 31 heavy (non-hydrogen) atoms. The Bertz CT molecular complexity index is 992. The van der Waals surface area contributed by atoms with Crippen molar-refractivity contribution in [3.63, 3.8) is 0 Å². The zero-order chi connectivity index (χ0) is 22.0. The number of piperazine rings is 1. The second kappa shape index (κ2) is 9.06. The number of aromatic amines is 1. The van der Waals surface area contributed by atoms with Crippen molar-refractivity contribution in [2.24, 2.45) is 4.99 Å². The van der Waals surface area contributed by atoms with Gasteiger partial charge < -0.3 is 15.2 Å². The molecule has 1 aliphatic carbocycles. The number of rotatable bonds is 3. The number of carbonyl (C=O) groups is 1. The van der Waals surface area contributed by atoms with Crippen LogP contribution in [0, 0.1) is 24.2 Å². The quantitative estimate of drug-likeness (QED) is 0.450. The number of carbonyl (C=O) groups excluding carboxylic acids is 1. The fraction of sp³-hybridized carbons (Fsp3) is 0.522. The predicted molar refractivity (Wildman–Crippen MR) is 118 cm³/mol. The number of fused-ring (bicyclic) bond motifs is 1. The molecule has 2 heterocycles. The number of aryl methyl sites for hydroxylation is 1. The molecule has 1 saturated heterocycles. The van der Waals surface area contributed by atoms with E-state index in [-0.39, 0.29) is 17.8 Å². The van der Waals surface area contributed by atoms with E-state index in [1.165, 1.54) is 6.07 Å². The van der Waals surface area contributed by atoms with E-state index in [9.17, 15) is 9.18 Å². The lowest BCUT2D eigenvalue weighted by Gasteiger charge is -2.42. The van der Waals surface area contributed by atoms with Crippen LogP contribution in [0.5, 0.6) is 0 Å². The fourth-order valence-electron chi connectivity index (χ4n) is 4.89. The van der Waals surface area contributed by atoms with Gasteiger partial charge in [-0.25, -0.2) is 4.39 Å². The van der Waals surface area contributed by atoms with Crippen molar-refractivity contribution in [1.82, 2.24) is 20.1 Å². The van der Waals surface area contributed by atoms with Crippen molar-refractivity contribution in [2.75, 3.05) is 26.2 Å². The molecule has 2 N–H and O–H groups in total. The van der Waals surface area contributed by atoms with Crippen LogP contribution in [0.15, 0.2) is 23.2 Å². The summed E-state index contributed by atoms with van der Waals surface area (Å²) in [5, 5.41) is 12.4. The average molecular weight is 425 g/mol. The molecule has 1 aromatic heterocycles. The van der Waals surface area contributed by atoms with Crippen molar-refractivity contribution in [1.29, 1.82) is 5.26 Å². The molecule has 4 rings (SSSR count). The van der Waals surface area contributed by atoms with Crippen LogP contribution in [0.4, 0.5) is 4.39 Å². The Morgan fingerprint density at radius 3 is 2.77 bits per heavy atom. The molecule has 2 aliphatic rings. The third-order valence-electron chi connectivity index (χ3n) is 6.68. The van der Waals surface area contributed by atoms with E-state index < -0.39 is 0 Å². The Morgan fingerprint density at radius 1 is 1.29 bits per heavy atom. The Hall–Kier alpha value is -2.92. The summed E-state index contributed by atoms with van der Waals surface area (Å²) < 4.78 is 14.1. The molecule has 2 aromatic rings. The normalized spacial score (nSPS) is 23.0. The van der Waals surface area contributed by atoms with E-state index in [4.69, 9.17) is 5.26 Å². The van der Waals surface area contributed by atoms with E-state index in [1.807, 2.05) is 20.0 Å².